The summed E-state index contributed by atoms with van der Waals surface area (Å²) in [5, 5.41) is 13.0. The second-order valence-corrected chi connectivity index (χ2v) is 13.4. The van der Waals surface area contributed by atoms with Gasteiger partial charge < -0.3 is 10.1 Å². The first-order valence-corrected chi connectivity index (χ1v) is 14.9. The zero-order chi connectivity index (χ0) is 27.8. The Morgan fingerprint density at radius 2 is 1.67 bits per heavy atom. The first-order valence-electron chi connectivity index (χ1n) is 14.6. The molecule has 0 aromatic heterocycles. The van der Waals surface area contributed by atoms with Gasteiger partial charge in [-0.05, 0) is 55.2 Å². The number of piperazine rings is 1. The van der Waals surface area contributed by atoms with E-state index in [-0.39, 0.29) is 28.6 Å². The van der Waals surface area contributed by atoms with Crippen molar-refractivity contribution in [3.63, 3.8) is 0 Å². The molecule has 0 spiro atoms. The fourth-order valence-corrected chi connectivity index (χ4v) is 8.09. The second-order valence-electron chi connectivity index (χ2n) is 13.0. The lowest BCUT2D eigenvalue weighted by atomic mass is 9.44. The minimum absolute atomic E-state index is 0.0643. The highest BCUT2D eigenvalue weighted by Crippen LogP contribution is 2.61. The van der Waals surface area contributed by atoms with E-state index in [9.17, 15) is 4.79 Å². The molecule has 1 aliphatic heterocycles. The Kier molecular flexibility index (Phi) is 8.11. The van der Waals surface area contributed by atoms with Crippen LogP contribution >= 0.6 is 11.6 Å². The van der Waals surface area contributed by atoms with Crippen LogP contribution < -0.4 is 10.1 Å². The van der Waals surface area contributed by atoms with Gasteiger partial charge in [-0.2, -0.15) is 5.26 Å². The molecule has 3 fully saturated rings. The smallest absolute Gasteiger partial charge is 0.163 e. The number of ketones is 1. The fraction of sp³-hybridized carbons (Fsp3) is 0.576. The highest BCUT2D eigenvalue weighted by Gasteiger charge is 2.63. The van der Waals surface area contributed by atoms with E-state index < -0.39 is 0 Å². The second kappa shape index (κ2) is 11.2. The predicted molar refractivity (Wildman–Crippen MR) is 156 cm³/mol. The van der Waals surface area contributed by atoms with Gasteiger partial charge in [0.25, 0.3) is 0 Å². The minimum atomic E-state index is -0.178. The molecule has 0 amide bonds. The Morgan fingerprint density at radius 3 is 2.26 bits per heavy atom. The first-order chi connectivity index (χ1) is 18.6. The maximum absolute atomic E-state index is 13.4. The molecule has 0 bridgehead atoms. The molecule has 39 heavy (non-hydrogen) atoms. The molecular weight excluding hydrogens is 506 g/mol. The van der Waals surface area contributed by atoms with Crippen molar-refractivity contribution in [2.75, 3.05) is 26.2 Å². The summed E-state index contributed by atoms with van der Waals surface area (Å²) in [5.74, 6) is 1.66. The average molecular weight is 548 g/mol. The third-order valence-corrected chi connectivity index (χ3v) is 10.2. The van der Waals surface area contributed by atoms with Crippen LogP contribution in [0.3, 0.4) is 0 Å². The normalized spacial score (nSPS) is 28.2. The van der Waals surface area contributed by atoms with Crippen LogP contribution in [-0.4, -0.2) is 49.0 Å². The molecule has 6 heteroatoms. The van der Waals surface area contributed by atoms with Gasteiger partial charge in [0.05, 0.1) is 10.6 Å². The van der Waals surface area contributed by atoms with Crippen molar-refractivity contribution in [3.05, 3.63) is 64.2 Å². The summed E-state index contributed by atoms with van der Waals surface area (Å²) in [4.78, 5) is 16.1. The molecule has 3 aliphatic rings. The minimum Gasteiger partial charge on any atom is -0.489 e. The summed E-state index contributed by atoms with van der Waals surface area (Å²) in [6.45, 7) is 13.3. The largest absolute Gasteiger partial charge is 0.489 e. The summed E-state index contributed by atoms with van der Waals surface area (Å²) >= 11 is 6.23. The van der Waals surface area contributed by atoms with Crippen molar-refractivity contribution in [1.82, 2.24) is 10.2 Å². The van der Waals surface area contributed by atoms with Crippen molar-refractivity contribution >= 4 is 17.4 Å². The zero-order valence-corrected chi connectivity index (χ0v) is 24.6. The summed E-state index contributed by atoms with van der Waals surface area (Å²) in [6, 6.07) is 16.5. The van der Waals surface area contributed by atoms with E-state index in [0.29, 0.717) is 28.7 Å². The molecule has 0 unspecified atom stereocenters. The third-order valence-electron chi connectivity index (χ3n) is 9.92. The van der Waals surface area contributed by atoms with E-state index in [1.165, 1.54) is 44.3 Å². The monoisotopic (exact) mass is 547 g/mol. The topological polar surface area (TPSA) is 65.4 Å². The van der Waals surface area contributed by atoms with Crippen LogP contribution in [0.1, 0.15) is 87.2 Å². The maximum Gasteiger partial charge on any atom is 0.163 e. The Labute approximate surface area is 238 Å². The van der Waals surface area contributed by atoms with Gasteiger partial charge in [-0.15, -0.1) is 0 Å². The van der Waals surface area contributed by atoms with Crippen LogP contribution in [0.2, 0.25) is 5.02 Å². The van der Waals surface area contributed by atoms with Crippen molar-refractivity contribution < 1.29 is 9.53 Å². The number of carbonyl (C=O) groups is 1. The Bertz CT molecular complexity index is 1200. The highest BCUT2D eigenvalue weighted by atomic mass is 35.5. The number of halogens is 1. The Hall–Kier alpha value is -2.39. The Morgan fingerprint density at radius 1 is 1.03 bits per heavy atom. The fourth-order valence-electron chi connectivity index (χ4n) is 7.88. The number of Topliss-reactive ketones (excluding diaryl/α,β-unsaturated/α-hetero) is 1. The molecule has 2 aromatic rings. The van der Waals surface area contributed by atoms with Crippen LogP contribution in [-0.2, 0) is 0 Å². The quantitative estimate of drug-likeness (QED) is 0.384. The van der Waals surface area contributed by atoms with Crippen LogP contribution in [0, 0.1) is 28.1 Å². The number of carbonyl (C=O) groups excluding carboxylic acids is 1. The number of benzene rings is 2. The van der Waals surface area contributed by atoms with Crippen molar-refractivity contribution in [1.29, 1.82) is 5.26 Å². The molecule has 1 N–H and O–H groups in total. The molecule has 208 valence electrons. The number of nitrogens with one attached hydrogen (secondary N) is 1. The van der Waals surface area contributed by atoms with E-state index in [2.05, 4.69) is 56.1 Å². The summed E-state index contributed by atoms with van der Waals surface area (Å²) < 4.78 is 6.40. The van der Waals surface area contributed by atoms with Gasteiger partial charge in [0.2, 0.25) is 0 Å². The number of nitrogens with zero attached hydrogens (tertiary/aromatic N) is 2. The summed E-state index contributed by atoms with van der Waals surface area (Å²) in [7, 11) is 0. The van der Waals surface area contributed by atoms with Gasteiger partial charge in [-0.25, -0.2) is 0 Å². The van der Waals surface area contributed by atoms with Gasteiger partial charge in [-0.1, -0.05) is 63.6 Å². The van der Waals surface area contributed by atoms with E-state index in [1.807, 2.05) is 12.1 Å². The van der Waals surface area contributed by atoms with Gasteiger partial charge >= 0.3 is 0 Å². The first kappa shape index (κ1) is 28.1. The van der Waals surface area contributed by atoms with Crippen LogP contribution in [0.5, 0.6) is 5.75 Å². The number of rotatable bonds is 7. The third kappa shape index (κ3) is 5.62. The standard InChI is InChI=1S/C33H42ClN3O2/c1-32(2)30(33(3,4)31(32)39-27-14-11-25(21-35)28(34)19-27)20-29(38)24-7-5-22(6-8-24)23-9-12-26(13-10-23)37-17-15-36-16-18-37/h5-8,11,14,19,23,26,30-31,36H,9-10,12-13,15-18,20H2,1-4H3. The van der Waals surface area contributed by atoms with Crippen molar-refractivity contribution in [3.8, 4) is 11.8 Å². The number of hydrogen-bond donors (Lipinski definition) is 1. The van der Waals surface area contributed by atoms with Gasteiger partial charge in [0.1, 0.15) is 17.9 Å². The SMILES string of the molecule is CC1(C)C(CC(=O)c2ccc(C3CCC(N4CCNCC4)CC3)cc2)C(C)(C)C1Oc1ccc(C#N)c(Cl)c1. The van der Waals surface area contributed by atoms with Crippen LogP contribution in [0.25, 0.3) is 0 Å². The molecule has 0 radical (unpaired) electrons. The molecule has 5 nitrogen and oxygen atoms in total. The number of ether oxygens (including phenoxy) is 1. The maximum atomic E-state index is 13.4. The van der Waals surface area contributed by atoms with Crippen LogP contribution in [0.4, 0.5) is 0 Å². The summed E-state index contributed by atoms with van der Waals surface area (Å²) in [5.41, 5.74) is 2.27. The van der Waals surface area contributed by atoms with Gasteiger partial charge in [0.15, 0.2) is 5.78 Å². The molecular formula is C33H42ClN3O2. The number of nitriles is 1. The van der Waals surface area contributed by atoms with Gasteiger partial charge in [-0.3, -0.25) is 9.69 Å². The molecule has 2 saturated carbocycles. The molecule has 2 aliphatic carbocycles. The molecule has 0 atom stereocenters. The summed E-state index contributed by atoms with van der Waals surface area (Å²) in [6.07, 6.45) is 5.45. The lowest BCUT2D eigenvalue weighted by Gasteiger charge is -2.63. The van der Waals surface area contributed by atoms with Crippen molar-refractivity contribution in [2.24, 2.45) is 16.7 Å². The van der Waals surface area contributed by atoms with Gasteiger partial charge in [0, 0.05) is 61.1 Å². The predicted octanol–water partition coefficient (Wildman–Crippen LogP) is 6.85. The van der Waals surface area contributed by atoms with E-state index in [1.54, 1.807) is 18.2 Å². The molecule has 1 heterocycles. The lowest BCUT2D eigenvalue weighted by molar-refractivity contribution is -0.196. The lowest BCUT2D eigenvalue weighted by Crippen LogP contribution is -2.66. The molecule has 2 aromatic carbocycles. The molecule has 1 saturated heterocycles. The average Bonchev–Trinajstić information content (AvgIpc) is 2.95. The highest BCUT2D eigenvalue weighted by molar-refractivity contribution is 6.31. The molecule has 5 rings (SSSR count). The van der Waals surface area contributed by atoms with E-state index >= 15 is 0 Å². The Balaban J connectivity index is 1.18. The van der Waals surface area contributed by atoms with Crippen molar-refractivity contribution in [2.45, 2.75) is 77.9 Å². The van der Waals surface area contributed by atoms with E-state index in [0.717, 1.165) is 24.7 Å². The van der Waals surface area contributed by atoms with E-state index in [4.69, 9.17) is 21.6 Å². The van der Waals surface area contributed by atoms with Crippen LogP contribution in [0.15, 0.2) is 42.5 Å². The number of hydrogen-bond acceptors (Lipinski definition) is 5. The zero-order valence-electron chi connectivity index (χ0n) is 23.8.